The SMILES string of the molecule is Bc1cnc(NC)c2ncc(N3CCN(Cc4cnc5cc(CC)c(=O)[nH]c5c4)CC3)cc12. The molecule has 0 bridgehead atoms. The van der Waals surface area contributed by atoms with E-state index >= 15 is 0 Å². The van der Waals surface area contributed by atoms with E-state index in [4.69, 9.17) is 4.98 Å². The van der Waals surface area contributed by atoms with Crippen LogP contribution in [0.15, 0.2) is 41.6 Å². The predicted octanol–water partition coefficient (Wildman–Crippen LogP) is 1.05. The first kappa shape index (κ1) is 21.4. The predicted molar refractivity (Wildman–Crippen MR) is 136 cm³/mol. The number of hydrogen-bond acceptors (Lipinski definition) is 7. The van der Waals surface area contributed by atoms with Crippen molar-refractivity contribution in [3.05, 3.63) is 58.3 Å². The molecule has 1 fully saturated rings. The van der Waals surface area contributed by atoms with Crippen LogP contribution in [0.3, 0.4) is 0 Å². The molecule has 168 valence electrons. The van der Waals surface area contributed by atoms with Crippen molar-refractivity contribution in [2.45, 2.75) is 19.9 Å². The van der Waals surface area contributed by atoms with Crippen LogP contribution in [0.2, 0.25) is 0 Å². The van der Waals surface area contributed by atoms with Gasteiger partial charge in [0.15, 0.2) is 5.82 Å². The van der Waals surface area contributed by atoms with E-state index in [9.17, 15) is 4.79 Å². The van der Waals surface area contributed by atoms with Gasteiger partial charge in [0.2, 0.25) is 0 Å². The second kappa shape index (κ2) is 8.82. The molecular weight excluding hydrogens is 413 g/mol. The van der Waals surface area contributed by atoms with Crippen molar-refractivity contribution in [3.63, 3.8) is 0 Å². The lowest BCUT2D eigenvalue weighted by molar-refractivity contribution is 0.249. The van der Waals surface area contributed by atoms with Crippen molar-refractivity contribution in [1.82, 2.24) is 24.8 Å². The molecular formula is C24H28BN7O. The van der Waals surface area contributed by atoms with Gasteiger partial charge >= 0.3 is 0 Å². The molecule has 0 spiro atoms. The fraction of sp³-hybridized carbons (Fsp3) is 0.333. The van der Waals surface area contributed by atoms with Gasteiger partial charge in [-0.2, -0.15) is 0 Å². The van der Waals surface area contributed by atoms with Gasteiger partial charge in [0.1, 0.15) is 13.4 Å². The minimum Gasteiger partial charge on any atom is -0.371 e. The second-order valence-electron chi connectivity index (χ2n) is 8.65. The summed E-state index contributed by atoms with van der Waals surface area (Å²) in [5.41, 5.74) is 6.71. The number of fused-ring (bicyclic) bond motifs is 2. The van der Waals surface area contributed by atoms with E-state index in [0.717, 1.165) is 82.8 Å². The van der Waals surface area contributed by atoms with Gasteiger partial charge in [-0.1, -0.05) is 12.4 Å². The Morgan fingerprint density at radius 2 is 1.88 bits per heavy atom. The summed E-state index contributed by atoms with van der Waals surface area (Å²) in [5, 5.41) is 4.26. The first-order chi connectivity index (χ1) is 16.1. The van der Waals surface area contributed by atoms with Gasteiger partial charge in [-0.3, -0.25) is 19.7 Å². The molecule has 4 aromatic heterocycles. The van der Waals surface area contributed by atoms with Gasteiger partial charge in [-0.25, -0.2) is 4.98 Å². The summed E-state index contributed by atoms with van der Waals surface area (Å²) >= 11 is 0. The molecule has 0 saturated carbocycles. The summed E-state index contributed by atoms with van der Waals surface area (Å²) in [6.07, 6.45) is 6.48. The van der Waals surface area contributed by atoms with Crippen LogP contribution >= 0.6 is 0 Å². The van der Waals surface area contributed by atoms with Crippen molar-refractivity contribution in [3.8, 4) is 0 Å². The van der Waals surface area contributed by atoms with E-state index < -0.39 is 0 Å². The third-order valence-corrected chi connectivity index (χ3v) is 6.50. The van der Waals surface area contributed by atoms with Crippen molar-refractivity contribution in [1.29, 1.82) is 0 Å². The standard InChI is InChI=1S/C24H28BN7O/c1-3-16-9-20-21(30-24(16)33)8-15(11-27-20)14-31-4-6-32(7-5-31)17-10-18-19(25)13-29-23(26-2)22(18)28-12-17/h8-13H,3-7,14,25H2,1-2H3,(H,26,29)(H,30,33). The summed E-state index contributed by atoms with van der Waals surface area (Å²) in [6, 6.07) is 6.18. The number of aromatic amines is 1. The zero-order valence-corrected chi connectivity index (χ0v) is 19.4. The average Bonchev–Trinajstić information content (AvgIpc) is 2.84. The molecule has 9 heteroatoms. The Morgan fingerprint density at radius 1 is 1.06 bits per heavy atom. The van der Waals surface area contributed by atoms with Crippen LogP contribution in [0.5, 0.6) is 0 Å². The molecule has 0 aliphatic carbocycles. The van der Waals surface area contributed by atoms with Crippen LogP contribution in [-0.4, -0.2) is 65.9 Å². The molecule has 33 heavy (non-hydrogen) atoms. The van der Waals surface area contributed by atoms with Gasteiger partial charge in [0.25, 0.3) is 5.56 Å². The Bertz CT molecular complexity index is 1380. The number of rotatable bonds is 5. The zero-order valence-electron chi connectivity index (χ0n) is 19.4. The van der Waals surface area contributed by atoms with Gasteiger partial charge < -0.3 is 15.2 Å². The lowest BCUT2D eigenvalue weighted by atomic mass is 9.93. The molecule has 1 aliphatic rings. The molecule has 8 nitrogen and oxygen atoms in total. The first-order valence-corrected chi connectivity index (χ1v) is 11.5. The summed E-state index contributed by atoms with van der Waals surface area (Å²) in [4.78, 5) is 33.7. The third-order valence-electron chi connectivity index (χ3n) is 6.50. The fourth-order valence-corrected chi connectivity index (χ4v) is 4.53. The Balaban J connectivity index is 1.28. The minimum absolute atomic E-state index is 0.0191. The molecule has 4 aromatic rings. The molecule has 5 rings (SSSR count). The highest BCUT2D eigenvalue weighted by Crippen LogP contribution is 2.23. The number of hydrogen-bond donors (Lipinski definition) is 2. The van der Waals surface area contributed by atoms with Gasteiger partial charge in [0.05, 0.1) is 22.9 Å². The highest BCUT2D eigenvalue weighted by atomic mass is 16.1. The number of piperazine rings is 1. The van der Waals surface area contributed by atoms with E-state index in [1.54, 1.807) is 0 Å². The van der Waals surface area contributed by atoms with Crippen LogP contribution in [0.25, 0.3) is 21.9 Å². The van der Waals surface area contributed by atoms with Gasteiger partial charge in [-0.05, 0) is 30.2 Å². The van der Waals surface area contributed by atoms with E-state index in [0.29, 0.717) is 6.42 Å². The quantitative estimate of drug-likeness (QED) is 0.448. The molecule has 0 aromatic carbocycles. The largest absolute Gasteiger partial charge is 0.371 e. The Hall–Kier alpha value is -3.46. The lowest BCUT2D eigenvalue weighted by Gasteiger charge is -2.36. The maximum absolute atomic E-state index is 12.2. The Morgan fingerprint density at radius 3 is 2.64 bits per heavy atom. The molecule has 0 amide bonds. The monoisotopic (exact) mass is 441 g/mol. The smallest absolute Gasteiger partial charge is 0.251 e. The number of aromatic nitrogens is 4. The topological polar surface area (TPSA) is 90.0 Å². The van der Waals surface area contributed by atoms with E-state index in [2.05, 4.69) is 50.0 Å². The number of H-pyrrole nitrogens is 1. The molecule has 2 N–H and O–H groups in total. The summed E-state index contributed by atoms with van der Waals surface area (Å²) in [7, 11) is 3.95. The van der Waals surface area contributed by atoms with Crippen LogP contribution in [0.4, 0.5) is 11.5 Å². The van der Waals surface area contributed by atoms with Crippen LogP contribution in [-0.2, 0) is 13.0 Å². The number of anilines is 2. The Kier molecular flexibility index (Phi) is 5.72. The fourth-order valence-electron chi connectivity index (χ4n) is 4.53. The second-order valence-corrected chi connectivity index (χ2v) is 8.65. The minimum atomic E-state index is -0.0191. The molecule has 0 radical (unpaired) electrons. The van der Waals surface area contributed by atoms with Crippen molar-refractivity contribution < 1.29 is 0 Å². The molecule has 0 unspecified atom stereocenters. The highest BCUT2D eigenvalue weighted by Gasteiger charge is 2.19. The molecule has 1 aliphatic heterocycles. The van der Waals surface area contributed by atoms with E-state index in [1.807, 2.05) is 38.6 Å². The van der Waals surface area contributed by atoms with Crippen LogP contribution in [0, 0.1) is 0 Å². The van der Waals surface area contributed by atoms with E-state index in [1.165, 1.54) is 0 Å². The first-order valence-electron chi connectivity index (χ1n) is 11.5. The number of pyridine rings is 4. The van der Waals surface area contributed by atoms with Crippen LogP contribution in [0.1, 0.15) is 18.1 Å². The number of nitrogens with one attached hydrogen (secondary N) is 2. The average molecular weight is 441 g/mol. The van der Waals surface area contributed by atoms with E-state index in [-0.39, 0.29) is 5.56 Å². The summed E-state index contributed by atoms with van der Waals surface area (Å²) < 4.78 is 0. The van der Waals surface area contributed by atoms with Crippen molar-refractivity contribution in [2.75, 3.05) is 43.4 Å². The number of aryl methyl sites for hydroxylation is 1. The highest BCUT2D eigenvalue weighted by molar-refractivity contribution is 6.38. The maximum Gasteiger partial charge on any atom is 0.251 e. The third kappa shape index (κ3) is 4.16. The summed E-state index contributed by atoms with van der Waals surface area (Å²) in [6.45, 7) is 6.59. The Labute approximate surface area is 193 Å². The summed E-state index contributed by atoms with van der Waals surface area (Å²) in [5.74, 6) is 0.809. The normalized spacial score (nSPS) is 14.8. The molecule has 0 atom stereocenters. The van der Waals surface area contributed by atoms with Gasteiger partial charge in [0, 0.05) is 63.1 Å². The maximum atomic E-state index is 12.2. The van der Waals surface area contributed by atoms with Crippen molar-refractivity contribution in [2.24, 2.45) is 0 Å². The molecule has 1 saturated heterocycles. The number of nitrogens with zero attached hydrogens (tertiary/aromatic N) is 5. The lowest BCUT2D eigenvalue weighted by Crippen LogP contribution is -2.46. The van der Waals surface area contributed by atoms with Gasteiger partial charge in [-0.15, -0.1) is 0 Å². The van der Waals surface area contributed by atoms with Crippen LogP contribution < -0.4 is 21.2 Å². The zero-order chi connectivity index (χ0) is 22.9. The molecule has 5 heterocycles. The van der Waals surface area contributed by atoms with Crippen molar-refractivity contribution >= 4 is 46.8 Å².